The minimum absolute atomic E-state index is 0.0193. The number of rotatable bonds is 5. The molecule has 1 saturated heterocycles. The van der Waals surface area contributed by atoms with E-state index in [2.05, 4.69) is 0 Å². The Hall–Kier alpha value is -1.61. The number of aliphatic carboxylic acids is 1. The molecular weight excluding hydrogens is 246 g/mol. The maximum atomic E-state index is 11.9. The summed E-state index contributed by atoms with van der Waals surface area (Å²) in [4.78, 5) is 26.5. The molecule has 6 nitrogen and oxygen atoms in total. The zero-order chi connectivity index (χ0) is 14.5. The Balaban J connectivity index is 2.39. The maximum absolute atomic E-state index is 11.9. The second kappa shape index (κ2) is 6.53. The van der Waals surface area contributed by atoms with Gasteiger partial charge in [0.05, 0.1) is 24.4 Å². The number of hydrogen-bond donors (Lipinski definition) is 1. The third-order valence-corrected chi connectivity index (χ3v) is 3.82. The van der Waals surface area contributed by atoms with E-state index < -0.39 is 11.4 Å². The number of piperidine rings is 1. The van der Waals surface area contributed by atoms with Crippen LogP contribution in [0.3, 0.4) is 0 Å². The quantitative estimate of drug-likeness (QED) is 0.786. The number of nitriles is 1. The number of hydrogen-bond acceptors (Lipinski definition) is 4. The second-order valence-corrected chi connectivity index (χ2v) is 5.37. The van der Waals surface area contributed by atoms with Crippen molar-refractivity contribution in [3.8, 4) is 6.07 Å². The number of carbonyl (C=O) groups excluding carboxylic acids is 1. The van der Waals surface area contributed by atoms with Crippen LogP contribution in [0.1, 0.15) is 26.2 Å². The van der Waals surface area contributed by atoms with E-state index >= 15 is 0 Å². The standard InChI is InChI=1S/C13H21N3O3/c1-13(12(18)19)4-8-16(9-5-13)10-11(17)15(2)7-3-6-14/h3-5,7-10H2,1-2H3,(H,18,19). The first kappa shape index (κ1) is 15.4. The molecule has 1 rings (SSSR count). The lowest BCUT2D eigenvalue weighted by Crippen LogP contribution is -2.46. The van der Waals surface area contributed by atoms with Gasteiger partial charge in [-0.3, -0.25) is 14.5 Å². The van der Waals surface area contributed by atoms with E-state index in [-0.39, 0.29) is 5.91 Å². The topological polar surface area (TPSA) is 84.6 Å². The summed E-state index contributed by atoms with van der Waals surface area (Å²) in [5, 5.41) is 17.6. The van der Waals surface area contributed by atoms with Crippen LogP contribution in [0, 0.1) is 16.7 Å². The van der Waals surface area contributed by atoms with E-state index in [0.29, 0.717) is 45.4 Å². The SMILES string of the molecule is CN(CCC#N)C(=O)CN1CCC(C)(C(=O)O)CC1. The van der Waals surface area contributed by atoms with Gasteiger partial charge in [-0.25, -0.2) is 0 Å². The maximum Gasteiger partial charge on any atom is 0.309 e. The Bertz CT molecular complexity index is 381. The highest BCUT2D eigenvalue weighted by atomic mass is 16.4. The molecule has 0 atom stereocenters. The number of amides is 1. The van der Waals surface area contributed by atoms with Crippen LogP contribution >= 0.6 is 0 Å². The molecular formula is C13H21N3O3. The fourth-order valence-electron chi connectivity index (χ4n) is 2.07. The molecule has 1 aliphatic rings. The highest BCUT2D eigenvalue weighted by Crippen LogP contribution is 2.30. The summed E-state index contributed by atoms with van der Waals surface area (Å²) in [7, 11) is 1.69. The van der Waals surface area contributed by atoms with Crippen molar-refractivity contribution in [2.75, 3.05) is 33.2 Å². The number of carboxylic acids is 1. The van der Waals surface area contributed by atoms with Gasteiger partial charge in [0.1, 0.15) is 0 Å². The lowest BCUT2D eigenvalue weighted by Gasteiger charge is -2.36. The number of carboxylic acid groups (broad SMARTS) is 1. The van der Waals surface area contributed by atoms with Crippen molar-refractivity contribution >= 4 is 11.9 Å². The van der Waals surface area contributed by atoms with Crippen LogP contribution in [0.25, 0.3) is 0 Å². The number of likely N-dealkylation sites (tertiary alicyclic amines) is 1. The van der Waals surface area contributed by atoms with Crippen LogP contribution in [0.2, 0.25) is 0 Å². The predicted octanol–water partition coefficient (Wildman–Crippen LogP) is 0.545. The molecule has 0 aliphatic carbocycles. The fraction of sp³-hybridized carbons (Fsp3) is 0.769. The molecule has 0 aromatic rings. The summed E-state index contributed by atoms with van der Waals surface area (Å²) in [6.45, 7) is 3.75. The molecule has 1 amide bonds. The van der Waals surface area contributed by atoms with Gasteiger partial charge in [0, 0.05) is 13.6 Å². The smallest absolute Gasteiger partial charge is 0.309 e. The largest absolute Gasteiger partial charge is 0.481 e. The lowest BCUT2D eigenvalue weighted by molar-refractivity contribution is -0.150. The molecule has 19 heavy (non-hydrogen) atoms. The zero-order valence-electron chi connectivity index (χ0n) is 11.6. The molecule has 106 valence electrons. The molecule has 1 aliphatic heterocycles. The molecule has 0 saturated carbocycles. The van der Waals surface area contributed by atoms with Crippen molar-refractivity contribution in [3.05, 3.63) is 0 Å². The fourth-order valence-corrected chi connectivity index (χ4v) is 2.07. The number of carbonyl (C=O) groups is 2. The van der Waals surface area contributed by atoms with Crippen LogP contribution in [0.4, 0.5) is 0 Å². The Morgan fingerprint density at radius 2 is 2.00 bits per heavy atom. The monoisotopic (exact) mass is 267 g/mol. The van der Waals surface area contributed by atoms with Crippen LogP contribution in [0.5, 0.6) is 0 Å². The van der Waals surface area contributed by atoms with Gasteiger partial charge in [0.25, 0.3) is 0 Å². The first-order valence-electron chi connectivity index (χ1n) is 6.46. The third-order valence-electron chi connectivity index (χ3n) is 3.82. The summed E-state index contributed by atoms with van der Waals surface area (Å²) < 4.78 is 0. The van der Waals surface area contributed by atoms with Crippen molar-refractivity contribution < 1.29 is 14.7 Å². The van der Waals surface area contributed by atoms with E-state index in [0.717, 1.165) is 0 Å². The molecule has 0 bridgehead atoms. The van der Waals surface area contributed by atoms with Gasteiger partial charge in [-0.2, -0.15) is 5.26 Å². The van der Waals surface area contributed by atoms with Gasteiger partial charge in [0.2, 0.25) is 5.91 Å². The highest BCUT2D eigenvalue weighted by molar-refractivity contribution is 5.78. The first-order chi connectivity index (χ1) is 8.89. The van der Waals surface area contributed by atoms with Crippen LogP contribution in [-0.2, 0) is 9.59 Å². The summed E-state index contributed by atoms with van der Waals surface area (Å²) in [5.41, 5.74) is -0.660. The highest BCUT2D eigenvalue weighted by Gasteiger charge is 2.37. The predicted molar refractivity (Wildman–Crippen MR) is 69.3 cm³/mol. The number of nitrogens with zero attached hydrogens (tertiary/aromatic N) is 3. The summed E-state index contributed by atoms with van der Waals surface area (Å²) in [5.74, 6) is -0.779. The third kappa shape index (κ3) is 4.21. The van der Waals surface area contributed by atoms with Crippen molar-refractivity contribution in [3.63, 3.8) is 0 Å². The van der Waals surface area contributed by atoms with E-state index in [9.17, 15) is 9.59 Å². The van der Waals surface area contributed by atoms with Gasteiger partial charge in [-0.15, -0.1) is 0 Å². The van der Waals surface area contributed by atoms with Crippen LogP contribution in [-0.4, -0.2) is 60.0 Å². The van der Waals surface area contributed by atoms with Gasteiger partial charge in [-0.05, 0) is 32.9 Å². The minimum Gasteiger partial charge on any atom is -0.481 e. The van der Waals surface area contributed by atoms with Gasteiger partial charge in [-0.1, -0.05) is 0 Å². The van der Waals surface area contributed by atoms with Gasteiger partial charge >= 0.3 is 5.97 Å². The molecule has 1 N–H and O–H groups in total. The van der Waals surface area contributed by atoms with Crippen molar-refractivity contribution in [2.45, 2.75) is 26.2 Å². The van der Waals surface area contributed by atoms with Crippen LogP contribution < -0.4 is 0 Å². The lowest BCUT2D eigenvalue weighted by atomic mass is 9.80. The van der Waals surface area contributed by atoms with Crippen molar-refractivity contribution in [2.24, 2.45) is 5.41 Å². The molecule has 0 aromatic carbocycles. The molecule has 0 radical (unpaired) electrons. The summed E-state index contributed by atoms with van der Waals surface area (Å²) in [6.07, 6.45) is 1.47. The average molecular weight is 267 g/mol. The van der Waals surface area contributed by atoms with Crippen molar-refractivity contribution in [1.82, 2.24) is 9.80 Å². The first-order valence-corrected chi connectivity index (χ1v) is 6.46. The molecule has 0 unspecified atom stereocenters. The Morgan fingerprint density at radius 3 is 2.47 bits per heavy atom. The second-order valence-electron chi connectivity index (χ2n) is 5.37. The van der Waals surface area contributed by atoms with Crippen LogP contribution in [0.15, 0.2) is 0 Å². The van der Waals surface area contributed by atoms with Crippen molar-refractivity contribution in [1.29, 1.82) is 5.26 Å². The van der Waals surface area contributed by atoms with E-state index in [1.54, 1.807) is 18.9 Å². The molecule has 0 aromatic heterocycles. The molecule has 0 spiro atoms. The zero-order valence-corrected chi connectivity index (χ0v) is 11.6. The number of likely N-dealkylation sites (N-methyl/N-ethyl adjacent to an activating group) is 1. The van der Waals surface area contributed by atoms with E-state index in [4.69, 9.17) is 10.4 Å². The Kier molecular flexibility index (Phi) is 5.31. The summed E-state index contributed by atoms with van der Waals surface area (Å²) >= 11 is 0. The van der Waals surface area contributed by atoms with E-state index in [1.807, 2.05) is 11.0 Å². The Labute approximate surface area is 113 Å². The normalized spacial score (nSPS) is 18.6. The van der Waals surface area contributed by atoms with Gasteiger partial charge in [0.15, 0.2) is 0 Å². The van der Waals surface area contributed by atoms with E-state index in [1.165, 1.54) is 0 Å². The molecule has 6 heteroatoms. The molecule has 1 fully saturated rings. The minimum atomic E-state index is -0.760. The summed E-state index contributed by atoms with van der Waals surface area (Å²) in [6, 6.07) is 2.01. The van der Waals surface area contributed by atoms with Gasteiger partial charge < -0.3 is 10.0 Å². The average Bonchev–Trinajstić information content (AvgIpc) is 2.38. The Morgan fingerprint density at radius 1 is 1.42 bits per heavy atom. The molecule has 1 heterocycles.